The van der Waals surface area contributed by atoms with E-state index in [9.17, 15) is 18.0 Å². The highest BCUT2D eigenvalue weighted by atomic mass is 32.2. The first kappa shape index (κ1) is 35.6. The number of rotatable bonds is 14. The van der Waals surface area contributed by atoms with Gasteiger partial charge in [-0.15, -0.1) is 0 Å². The summed E-state index contributed by atoms with van der Waals surface area (Å²) in [5.41, 5.74) is 1.32. The second kappa shape index (κ2) is 14.3. The molecule has 3 atom stereocenters. The Morgan fingerprint density at radius 2 is 1.64 bits per heavy atom. The molecule has 50 heavy (non-hydrogen) atoms. The van der Waals surface area contributed by atoms with Crippen LogP contribution in [0.25, 0.3) is 0 Å². The normalized spacial score (nSPS) is 25.8. The van der Waals surface area contributed by atoms with Gasteiger partial charge in [-0.2, -0.15) is 0 Å². The van der Waals surface area contributed by atoms with Crippen molar-refractivity contribution >= 4 is 27.3 Å². The lowest BCUT2D eigenvalue weighted by Gasteiger charge is -2.55. The van der Waals surface area contributed by atoms with Gasteiger partial charge in [0.05, 0.1) is 22.7 Å². The van der Waals surface area contributed by atoms with Crippen molar-refractivity contribution < 1.29 is 27.1 Å². The van der Waals surface area contributed by atoms with Crippen molar-refractivity contribution in [3.63, 3.8) is 0 Å². The summed E-state index contributed by atoms with van der Waals surface area (Å²) in [5, 5.41) is -0.231. The lowest BCUT2D eigenvalue weighted by atomic mass is 9.56. The van der Waals surface area contributed by atoms with Gasteiger partial charge in [0.15, 0.2) is 9.84 Å². The highest BCUT2D eigenvalue weighted by Crippen LogP contribution is 2.54. The van der Waals surface area contributed by atoms with Crippen LogP contribution < -0.4 is 4.90 Å². The summed E-state index contributed by atoms with van der Waals surface area (Å²) in [6.07, 6.45) is 8.59. The van der Waals surface area contributed by atoms with Crippen molar-refractivity contribution in [1.82, 2.24) is 9.80 Å². The number of methoxy groups -OCH3 is 1. The lowest BCUT2D eigenvalue weighted by Crippen LogP contribution is -2.65. The number of carbonyl (C=O) groups is 2. The van der Waals surface area contributed by atoms with Crippen LogP contribution in [0.5, 0.6) is 0 Å². The van der Waals surface area contributed by atoms with Crippen molar-refractivity contribution in [2.24, 2.45) is 23.2 Å². The smallest absolute Gasteiger partial charge is 0.305 e. The van der Waals surface area contributed by atoms with Gasteiger partial charge < -0.3 is 19.4 Å². The Bertz CT molecular complexity index is 1640. The Labute approximate surface area is 297 Å². The van der Waals surface area contributed by atoms with Gasteiger partial charge in [0, 0.05) is 50.1 Å². The van der Waals surface area contributed by atoms with Crippen LogP contribution in [-0.2, 0) is 29.6 Å². The third kappa shape index (κ3) is 6.76. The Morgan fingerprint density at radius 3 is 2.24 bits per heavy atom. The van der Waals surface area contributed by atoms with Gasteiger partial charge in [0.1, 0.15) is 11.6 Å². The molecule has 3 heterocycles. The number of anilines is 1. The Hall–Kier alpha value is -2.82. The van der Waals surface area contributed by atoms with Crippen LogP contribution in [0.3, 0.4) is 0 Å². The summed E-state index contributed by atoms with van der Waals surface area (Å²) in [7, 11) is -1.76. The van der Waals surface area contributed by atoms with E-state index in [0.717, 1.165) is 88.9 Å². The number of carbonyl (C=O) groups excluding carboxylic acids is 2. The summed E-state index contributed by atoms with van der Waals surface area (Å²) < 4.78 is 45.6. The standard InChI is InChI=1S/C40H54FN3O5S/c1-3-37(45)39(26-44(27-39)33-11-13-34(14-12-33)50(47,48)35-15-16-35)25-43-21-17-30(18-22-43)40(28-42-19-6-20-42,31-8-5-9-32(41)24-31)36-10-4-7-29(36)23-38(46)49-2/h5,8-9,11-14,24,29-30,35-36H,3-4,6-7,10,15-23,25-28H2,1-2H3/t29-,36+,40+/m1/s1. The molecule has 5 aliphatic rings. The molecule has 3 saturated heterocycles. The first-order chi connectivity index (χ1) is 24.1. The molecule has 0 unspecified atom stereocenters. The molecule has 2 aromatic rings. The maximum atomic E-state index is 15.1. The van der Waals surface area contributed by atoms with Crippen LogP contribution in [0.1, 0.15) is 76.7 Å². The van der Waals surface area contributed by atoms with Gasteiger partial charge in [-0.05, 0) is 131 Å². The molecule has 0 N–H and O–H groups in total. The number of benzene rings is 2. The zero-order valence-corrected chi connectivity index (χ0v) is 30.6. The quantitative estimate of drug-likeness (QED) is 0.225. The van der Waals surface area contributed by atoms with E-state index in [2.05, 4.69) is 20.8 Å². The average Bonchev–Trinajstić information content (AvgIpc) is 3.86. The predicted octanol–water partition coefficient (Wildman–Crippen LogP) is 5.88. The van der Waals surface area contributed by atoms with E-state index >= 15 is 4.39 Å². The van der Waals surface area contributed by atoms with Crippen LogP contribution >= 0.6 is 0 Å². The molecule has 5 fully saturated rings. The van der Waals surface area contributed by atoms with E-state index < -0.39 is 15.3 Å². The molecule has 8 nitrogen and oxygen atoms in total. The molecule has 0 spiro atoms. The second-order valence-corrected chi connectivity index (χ2v) is 18.2. The molecule has 0 aromatic heterocycles. The fourth-order valence-electron chi connectivity index (χ4n) is 10.1. The average molecular weight is 708 g/mol. The number of hydrogen-bond acceptors (Lipinski definition) is 8. The highest BCUT2D eigenvalue weighted by Gasteiger charge is 2.54. The minimum Gasteiger partial charge on any atom is -0.469 e. The van der Waals surface area contributed by atoms with Crippen LogP contribution in [-0.4, -0.2) is 94.7 Å². The maximum absolute atomic E-state index is 15.1. The number of hydrogen-bond donors (Lipinski definition) is 0. The third-order valence-electron chi connectivity index (χ3n) is 13.0. The van der Waals surface area contributed by atoms with Gasteiger partial charge in [0.2, 0.25) is 0 Å². The molecule has 2 aromatic carbocycles. The fourth-order valence-corrected chi connectivity index (χ4v) is 11.7. The summed E-state index contributed by atoms with van der Waals surface area (Å²) in [6.45, 7) is 8.68. The number of halogens is 1. The molecule has 3 aliphatic heterocycles. The SMILES string of the molecule is CCC(=O)C1(CN2CCC([C@@](CN3CCC3)(c3cccc(F)c3)[C@H]3CCC[C@@H]3CC(=O)OC)CC2)CN(c2ccc(S(=O)(=O)C3CC3)cc2)C1. The first-order valence-corrected chi connectivity index (χ1v) is 20.5. The lowest BCUT2D eigenvalue weighted by molar-refractivity contribution is -0.142. The number of ketones is 1. The molecule has 7 rings (SSSR count). The molecule has 272 valence electrons. The predicted molar refractivity (Wildman–Crippen MR) is 192 cm³/mol. The van der Waals surface area contributed by atoms with Crippen LogP contribution in [0.4, 0.5) is 10.1 Å². The van der Waals surface area contributed by atoms with E-state index in [1.807, 2.05) is 25.1 Å². The minimum atomic E-state index is -3.23. The molecular formula is C40H54FN3O5S. The van der Waals surface area contributed by atoms with Crippen molar-refractivity contribution in [3.05, 3.63) is 59.9 Å². The number of ether oxygens (including phenoxy) is 1. The molecule has 0 radical (unpaired) electrons. The fraction of sp³-hybridized carbons (Fsp3) is 0.650. The van der Waals surface area contributed by atoms with Crippen molar-refractivity contribution in [3.8, 4) is 0 Å². The van der Waals surface area contributed by atoms with Crippen LogP contribution in [0.2, 0.25) is 0 Å². The zero-order valence-electron chi connectivity index (χ0n) is 29.8. The molecule has 2 saturated carbocycles. The topological polar surface area (TPSA) is 87.2 Å². The monoisotopic (exact) mass is 707 g/mol. The van der Waals surface area contributed by atoms with E-state index in [4.69, 9.17) is 4.74 Å². The molecule has 0 amide bonds. The highest BCUT2D eigenvalue weighted by molar-refractivity contribution is 7.92. The summed E-state index contributed by atoms with van der Waals surface area (Å²) in [6, 6.07) is 14.5. The van der Waals surface area contributed by atoms with Gasteiger partial charge in [-0.3, -0.25) is 9.59 Å². The van der Waals surface area contributed by atoms with Crippen molar-refractivity contribution in [2.75, 3.05) is 64.4 Å². The van der Waals surface area contributed by atoms with E-state index in [1.54, 1.807) is 18.2 Å². The number of likely N-dealkylation sites (tertiary alicyclic amines) is 2. The van der Waals surface area contributed by atoms with Gasteiger partial charge in [0.25, 0.3) is 0 Å². The Kier molecular flexibility index (Phi) is 10.2. The zero-order chi connectivity index (χ0) is 35.1. The summed E-state index contributed by atoms with van der Waals surface area (Å²) >= 11 is 0. The van der Waals surface area contributed by atoms with Crippen molar-refractivity contribution in [1.29, 1.82) is 0 Å². The van der Waals surface area contributed by atoms with Crippen LogP contribution in [0, 0.1) is 29.0 Å². The first-order valence-electron chi connectivity index (χ1n) is 19.0. The molecule has 0 bridgehead atoms. The third-order valence-corrected chi connectivity index (χ3v) is 15.3. The number of piperidine rings is 1. The van der Waals surface area contributed by atoms with Crippen LogP contribution in [0.15, 0.2) is 53.4 Å². The molecule has 2 aliphatic carbocycles. The van der Waals surface area contributed by atoms with E-state index in [0.29, 0.717) is 43.3 Å². The van der Waals surface area contributed by atoms with Gasteiger partial charge >= 0.3 is 5.97 Å². The molecule has 10 heteroatoms. The van der Waals surface area contributed by atoms with Crippen molar-refractivity contribution in [2.45, 2.75) is 86.7 Å². The Balaban J connectivity index is 1.09. The summed E-state index contributed by atoms with van der Waals surface area (Å²) in [4.78, 5) is 33.8. The maximum Gasteiger partial charge on any atom is 0.305 e. The second-order valence-electron chi connectivity index (χ2n) is 16.0. The van der Waals surface area contributed by atoms with Gasteiger partial charge in [-0.25, -0.2) is 12.8 Å². The number of nitrogens with zero attached hydrogens (tertiary/aromatic N) is 3. The minimum absolute atomic E-state index is 0.159. The van der Waals surface area contributed by atoms with E-state index in [1.165, 1.54) is 19.6 Å². The largest absolute Gasteiger partial charge is 0.469 e. The van der Waals surface area contributed by atoms with Gasteiger partial charge in [-0.1, -0.05) is 25.5 Å². The number of esters is 1. The number of sulfone groups is 1. The summed E-state index contributed by atoms with van der Waals surface area (Å²) in [5.74, 6) is 0.717. The van der Waals surface area contributed by atoms with E-state index in [-0.39, 0.29) is 40.1 Å². The number of Topliss-reactive ketones (excluding diaryl/α,β-unsaturated/α-hetero) is 1. The molecular weight excluding hydrogens is 654 g/mol. The Morgan fingerprint density at radius 1 is 0.920 bits per heavy atom.